The summed E-state index contributed by atoms with van der Waals surface area (Å²) in [6.45, 7) is 3.90. The molecular weight excluding hydrogens is 482 g/mol. The molecule has 3 heterocycles. The number of nitrogens with one attached hydrogen (secondary N) is 2. The molecule has 2 atom stereocenters. The Balaban J connectivity index is 1.34. The van der Waals surface area contributed by atoms with Gasteiger partial charge in [0.1, 0.15) is 12.0 Å². The van der Waals surface area contributed by atoms with Crippen molar-refractivity contribution < 1.29 is 19.7 Å². The third-order valence-electron chi connectivity index (χ3n) is 5.92. The van der Waals surface area contributed by atoms with E-state index < -0.39 is 12.3 Å². The normalized spacial score (nSPS) is 14.0. The lowest BCUT2D eigenvalue weighted by Gasteiger charge is -2.21. The number of ether oxygens (including phenoxy) is 2. The fraction of sp³-hybridized carbons (Fsp3) is 0.231. The summed E-state index contributed by atoms with van der Waals surface area (Å²) >= 11 is 6.38. The first kappa shape index (κ1) is 24.1. The average molecular weight is 508 g/mol. The molecule has 2 unspecified atom stereocenters. The minimum Gasteiger partial charge on any atom is -0.454 e. The monoisotopic (exact) mass is 507 g/mol. The second-order valence-corrected chi connectivity index (χ2v) is 8.99. The first-order valence-electron chi connectivity index (χ1n) is 11.4. The maximum atomic E-state index is 10.8. The van der Waals surface area contributed by atoms with Crippen molar-refractivity contribution in [2.75, 3.05) is 18.7 Å². The number of aryl methyl sites for hydroxylation is 2. The molecule has 9 nitrogen and oxygen atoms in total. The summed E-state index contributed by atoms with van der Waals surface area (Å²) < 4.78 is 12.6. The van der Waals surface area contributed by atoms with Gasteiger partial charge in [-0.2, -0.15) is 4.98 Å². The number of aliphatic hydroxyl groups is 2. The lowest BCUT2D eigenvalue weighted by atomic mass is 10.0. The molecule has 186 valence electrons. The molecule has 4 N–H and O–H groups in total. The molecule has 0 spiro atoms. The predicted octanol–water partition coefficient (Wildman–Crippen LogP) is 4.32. The van der Waals surface area contributed by atoms with Gasteiger partial charge < -0.3 is 29.6 Å². The van der Waals surface area contributed by atoms with Crippen LogP contribution in [0, 0.1) is 13.8 Å². The molecular formula is C26H26ClN5O4. The van der Waals surface area contributed by atoms with Gasteiger partial charge >= 0.3 is 0 Å². The van der Waals surface area contributed by atoms with Gasteiger partial charge in [-0.15, -0.1) is 0 Å². The van der Waals surface area contributed by atoms with Crippen LogP contribution in [0.25, 0.3) is 5.82 Å². The van der Waals surface area contributed by atoms with Crippen molar-refractivity contribution in [1.29, 1.82) is 0 Å². The zero-order valence-electron chi connectivity index (χ0n) is 19.8. The van der Waals surface area contributed by atoms with Gasteiger partial charge in [0.2, 0.25) is 12.7 Å². The quantitative estimate of drug-likeness (QED) is 0.261. The maximum absolute atomic E-state index is 10.8. The second-order valence-electron chi connectivity index (χ2n) is 8.58. The number of hydrogen-bond acceptors (Lipinski definition) is 8. The number of halogens is 1. The Morgan fingerprint density at radius 1 is 1.11 bits per heavy atom. The highest BCUT2D eigenvalue weighted by molar-refractivity contribution is 6.33. The SMILES string of the molecule is Cc1cccc(C(CO)NC(O)c2ccn(-c3nc(Nc4cc5c(cc4Cl)OCO5)ncc3C)c2)c1. The summed E-state index contributed by atoms with van der Waals surface area (Å²) in [4.78, 5) is 9.02. The number of fused-ring (bicyclic) bond motifs is 1. The van der Waals surface area contributed by atoms with Crippen molar-refractivity contribution in [1.82, 2.24) is 19.9 Å². The van der Waals surface area contributed by atoms with Crippen LogP contribution in [0.5, 0.6) is 11.5 Å². The van der Waals surface area contributed by atoms with Gasteiger partial charge in [-0.25, -0.2) is 4.98 Å². The van der Waals surface area contributed by atoms with Crippen LogP contribution < -0.4 is 20.1 Å². The van der Waals surface area contributed by atoms with Crippen LogP contribution in [0.2, 0.25) is 5.02 Å². The number of benzene rings is 2. The van der Waals surface area contributed by atoms with E-state index in [4.69, 9.17) is 21.1 Å². The molecule has 5 rings (SSSR count). The number of aromatic nitrogens is 3. The van der Waals surface area contributed by atoms with Gasteiger partial charge in [-0.1, -0.05) is 41.4 Å². The third-order valence-corrected chi connectivity index (χ3v) is 6.23. The highest BCUT2D eigenvalue weighted by Crippen LogP contribution is 2.40. The first-order valence-corrected chi connectivity index (χ1v) is 11.8. The molecule has 2 aromatic carbocycles. The molecule has 0 saturated heterocycles. The smallest absolute Gasteiger partial charge is 0.231 e. The van der Waals surface area contributed by atoms with Crippen molar-refractivity contribution >= 4 is 23.2 Å². The molecule has 1 aliphatic rings. The van der Waals surface area contributed by atoms with Crippen LogP contribution in [-0.2, 0) is 0 Å². The Bertz CT molecular complexity index is 1390. The Morgan fingerprint density at radius 2 is 1.92 bits per heavy atom. The van der Waals surface area contributed by atoms with Gasteiger partial charge in [0, 0.05) is 41.9 Å². The van der Waals surface area contributed by atoms with E-state index in [0.29, 0.717) is 39.5 Å². The van der Waals surface area contributed by atoms with Gasteiger partial charge in [-0.05, 0) is 25.5 Å². The maximum Gasteiger partial charge on any atom is 0.231 e. The summed E-state index contributed by atoms with van der Waals surface area (Å²) in [7, 11) is 0. The van der Waals surface area contributed by atoms with E-state index in [2.05, 4.69) is 20.6 Å². The largest absolute Gasteiger partial charge is 0.454 e. The van der Waals surface area contributed by atoms with E-state index in [0.717, 1.165) is 16.7 Å². The van der Waals surface area contributed by atoms with Gasteiger partial charge in [-0.3, -0.25) is 5.32 Å². The molecule has 0 bridgehead atoms. The number of nitrogens with zero attached hydrogens (tertiary/aromatic N) is 3. The van der Waals surface area contributed by atoms with Crippen molar-refractivity contribution in [3.63, 3.8) is 0 Å². The zero-order chi connectivity index (χ0) is 25.2. The van der Waals surface area contributed by atoms with Crippen LogP contribution in [0.3, 0.4) is 0 Å². The van der Waals surface area contributed by atoms with Crippen LogP contribution in [0.4, 0.5) is 11.6 Å². The van der Waals surface area contributed by atoms with Crippen molar-refractivity contribution in [2.45, 2.75) is 26.1 Å². The number of rotatable bonds is 8. The van der Waals surface area contributed by atoms with E-state index in [1.807, 2.05) is 48.9 Å². The molecule has 36 heavy (non-hydrogen) atoms. The molecule has 0 saturated carbocycles. The second kappa shape index (κ2) is 10.2. The molecule has 10 heteroatoms. The average Bonchev–Trinajstić information content (AvgIpc) is 3.53. The fourth-order valence-corrected chi connectivity index (χ4v) is 4.22. The molecule has 0 aliphatic carbocycles. The summed E-state index contributed by atoms with van der Waals surface area (Å²) in [5, 5.41) is 27.4. The van der Waals surface area contributed by atoms with E-state index >= 15 is 0 Å². The van der Waals surface area contributed by atoms with Crippen LogP contribution in [0.15, 0.2) is 61.1 Å². The predicted molar refractivity (Wildman–Crippen MR) is 136 cm³/mol. The van der Waals surface area contributed by atoms with Gasteiger partial charge in [0.25, 0.3) is 0 Å². The third kappa shape index (κ3) is 5.00. The number of anilines is 2. The molecule has 1 aliphatic heterocycles. The zero-order valence-corrected chi connectivity index (χ0v) is 20.5. The van der Waals surface area contributed by atoms with Crippen molar-refractivity contribution in [3.05, 3.63) is 88.3 Å². The number of aliphatic hydroxyl groups excluding tert-OH is 2. The highest BCUT2D eigenvalue weighted by Gasteiger charge is 2.19. The van der Waals surface area contributed by atoms with Crippen LogP contribution in [0.1, 0.15) is 34.5 Å². The van der Waals surface area contributed by atoms with Crippen molar-refractivity contribution in [3.8, 4) is 17.3 Å². The van der Waals surface area contributed by atoms with Crippen LogP contribution in [-0.4, -0.2) is 38.1 Å². The topological polar surface area (TPSA) is 114 Å². The minimum absolute atomic E-state index is 0.149. The van der Waals surface area contributed by atoms with E-state index in [-0.39, 0.29) is 13.4 Å². The number of hydrogen-bond donors (Lipinski definition) is 4. The highest BCUT2D eigenvalue weighted by atomic mass is 35.5. The van der Waals surface area contributed by atoms with Crippen LogP contribution >= 0.6 is 11.6 Å². The summed E-state index contributed by atoms with van der Waals surface area (Å²) in [5.74, 6) is 2.18. The van der Waals surface area contributed by atoms with E-state index in [1.165, 1.54) is 0 Å². The molecule has 0 fully saturated rings. The lowest BCUT2D eigenvalue weighted by molar-refractivity contribution is 0.104. The Kier molecular flexibility index (Phi) is 6.80. The summed E-state index contributed by atoms with van der Waals surface area (Å²) in [6, 6.07) is 12.6. The minimum atomic E-state index is -0.990. The fourth-order valence-electron chi connectivity index (χ4n) is 4.02. The van der Waals surface area contributed by atoms with Gasteiger partial charge in [0.15, 0.2) is 11.5 Å². The van der Waals surface area contributed by atoms with Crippen molar-refractivity contribution in [2.24, 2.45) is 0 Å². The Morgan fingerprint density at radius 3 is 2.69 bits per heavy atom. The lowest BCUT2D eigenvalue weighted by Crippen LogP contribution is -2.28. The Labute approximate surface area is 213 Å². The van der Waals surface area contributed by atoms with Gasteiger partial charge in [0.05, 0.1) is 23.4 Å². The summed E-state index contributed by atoms with van der Waals surface area (Å²) in [5.41, 5.74) is 4.05. The molecule has 0 amide bonds. The Hall–Kier alpha value is -3.63. The molecule has 4 aromatic rings. The molecule has 0 radical (unpaired) electrons. The molecule has 2 aromatic heterocycles. The standard InChI is InChI=1S/C26H26ClN5O4/c1-15-4-3-5-17(8-15)21(13-33)29-25(34)18-6-7-32(12-18)24-16(2)11-28-26(31-24)30-20-10-23-22(9-19(20)27)35-14-36-23/h3-12,21,25,29,33-34H,13-14H2,1-2H3,(H,28,30,31). The van der Waals surface area contributed by atoms with E-state index in [1.54, 1.807) is 30.6 Å². The summed E-state index contributed by atoms with van der Waals surface area (Å²) in [6.07, 6.45) is 4.32. The van der Waals surface area contributed by atoms with E-state index in [9.17, 15) is 10.2 Å². The first-order chi connectivity index (χ1) is 17.4.